The lowest BCUT2D eigenvalue weighted by Gasteiger charge is -2.36. The van der Waals surface area contributed by atoms with Crippen molar-refractivity contribution in [3.05, 3.63) is 71.4 Å². The molecule has 180 valence electrons. The Balaban J connectivity index is 1.17. The minimum Gasteiger partial charge on any atom is -0.348 e. The second kappa shape index (κ2) is 10.7. The summed E-state index contributed by atoms with van der Waals surface area (Å²) in [5, 5.41) is 4.16. The van der Waals surface area contributed by atoms with Gasteiger partial charge in [0, 0.05) is 36.2 Å². The van der Waals surface area contributed by atoms with E-state index in [1.165, 1.54) is 57.4 Å². The van der Waals surface area contributed by atoms with Gasteiger partial charge in [0.25, 0.3) is 5.91 Å². The van der Waals surface area contributed by atoms with Crippen LogP contribution in [-0.2, 0) is 13.1 Å². The van der Waals surface area contributed by atoms with Gasteiger partial charge in [0.05, 0.1) is 5.56 Å². The molecule has 3 heterocycles. The standard InChI is InChI=1S/C29H38N4O/c1-23-8-6-9-24(20-23)21-30-29(34)27-22-33(28-11-3-2-10-26(27)28)17-7-14-31-18-12-25(13-19-31)32-15-4-5-16-32/h2-3,6,8-11,20,22,25H,4-5,7,12-19,21H2,1H3,(H,30,34). The number of rotatable bonds is 8. The van der Waals surface area contributed by atoms with Crippen LogP contribution < -0.4 is 5.32 Å². The van der Waals surface area contributed by atoms with Crippen molar-refractivity contribution < 1.29 is 4.79 Å². The molecular weight excluding hydrogens is 420 g/mol. The number of nitrogens with zero attached hydrogens (tertiary/aromatic N) is 3. The number of nitrogens with one attached hydrogen (secondary N) is 1. The van der Waals surface area contributed by atoms with Gasteiger partial charge in [-0.1, -0.05) is 48.0 Å². The predicted octanol–water partition coefficient (Wildman–Crippen LogP) is 4.83. The molecule has 2 saturated heterocycles. The summed E-state index contributed by atoms with van der Waals surface area (Å²) in [6.07, 6.45) is 8.57. The first kappa shape index (κ1) is 23.1. The Morgan fingerprint density at radius 2 is 1.76 bits per heavy atom. The zero-order valence-electron chi connectivity index (χ0n) is 20.5. The van der Waals surface area contributed by atoms with E-state index >= 15 is 0 Å². The molecule has 0 atom stereocenters. The Kier molecular flexibility index (Phi) is 7.31. The summed E-state index contributed by atoms with van der Waals surface area (Å²) >= 11 is 0. The van der Waals surface area contributed by atoms with Crippen LogP contribution in [0, 0.1) is 6.92 Å². The summed E-state index contributed by atoms with van der Waals surface area (Å²) in [4.78, 5) is 18.4. The smallest absolute Gasteiger partial charge is 0.253 e. The summed E-state index contributed by atoms with van der Waals surface area (Å²) in [5.41, 5.74) is 4.26. The molecule has 34 heavy (non-hydrogen) atoms. The molecule has 2 aliphatic rings. The van der Waals surface area contributed by atoms with Crippen molar-refractivity contribution in [2.75, 3.05) is 32.7 Å². The summed E-state index contributed by atoms with van der Waals surface area (Å²) < 4.78 is 2.27. The van der Waals surface area contributed by atoms with Crippen molar-refractivity contribution in [1.82, 2.24) is 19.7 Å². The van der Waals surface area contributed by atoms with Crippen LogP contribution in [-0.4, -0.2) is 59.0 Å². The van der Waals surface area contributed by atoms with Crippen LogP contribution in [0.3, 0.4) is 0 Å². The number of carbonyl (C=O) groups is 1. The minimum absolute atomic E-state index is 0.000408. The molecular formula is C29H38N4O. The summed E-state index contributed by atoms with van der Waals surface area (Å²) in [5.74, 6) is 0.000408. The molecule has 3 aromatic rings. The van der Waals surface area contributed by atoms with Gasteiger partial charge in [0.1, 0.15) is 0 Å². The Morgan fingerprint density at radius 3 is 2.56 bits per heavy atom. The molecule has 5 heteroatoms. The monoisotopic (exact) mass is 458 g/mol. The van der Waals surface area contributed by atoms with Crippen molar-refractivity contribution in [2.45, 2.75) is 58.2 Å². The maximum absolute atomic E-state index is 13.1. The number of aromatic nitrogens is 1. The third-order valence-electron chi connectivity index (χ3n) is 7.66. The number of aryl methyl sites for hydroxylation is 2. The molecule has 2 aromatic carbocycles. The van der Waals surface area contributed by atoms with Gasteiger partial charge >= 0.3 is 0 Å². The van der Waals surface area contributed by atoms with Crippen molar-refractivity contribution in [2.24, 2.45) is 0 Å². The molecule has 0 aliphatic carbocycles. The maximum Gasteiger partial charge on any atom is 0.253 e. The summed E-state index contributed by atoms with van der Waals surface area (Å²) in [6.45, 7) is 9.77. The number of piperidine rings is 1. The van der Waals surface area contributed by atoms with Gasteiger partial charge < -0.3 is 19.7 Å². The Morgan fingerprint density at radius 1 is 0.971 bits per heavy atom. The van der Waals surface area contributed by atoms with Crippen LogP contribution in [0.4, 0.5) is 0 Å². The average molecular weight is 459 g/mol. The number of carbonyl (C=O) groups excluding carboxylic acids is 1. The average Bonchev–Trinajstić information content (AvgIpc) is 3.52. The van der Waals surface area contributed by atoms with Crippen LogP contribution in [0.15, 0.2) is 54.7 Å². The minimum atomic E-state index is 0.000408. The van der Waals surface area contributed by atoms with Gasteiger partial charge in [0.15, 0.2) is 0 Å². The molecule has 0 bridgehead atoms. The largest absolute Gasteiger partial charge is 0.348 e. The highest BCUT2D eigenvalue weighted by molar-refractivity contribution is 6.07. The fourth-order valence-corrected chi connectivity index (χ4v) is 5.79. The zero-order chi connectivity index (χ0) is 23.3. The SMILES string of the molecule is Cc1cccc(CNC(=O)c2cn(CCCN3CCC(N4CCCC4)CC3)c3ccccc23)c1. The fourth-order valence-electron chi connectivity index (χ4n) is 5.79. The van der Waals surface area contributed by atoms with E-state index in [9.17, 15) is 4.79 Å². The molecule has 2 aliphatic heterocycles. The number of amides is 1. The number of para-hydroxylation sites is 1. The van der Waals surface area contributed by atoms with Gasteiger partial charge in [-0.25, -0.2) is 0 Å². The van der Waals surface area contributed by atoms with E-state index in [0.29, 0.717) is 6.54 Å². The van der Waals surface area contributed by atoms with Gasteiger partial charge in [-0.15, -0.1) is 0 Å². The van der Waals surface area contributed by atoms with Gasteiger partial charge in [0.2, 0.25) is 0 Å². The molecule has 5 nitrogen and oxygen atoms in total. The first-order chi connectivity index (χ1) is 16.7. The molecule has 0 unspecified atom stereocenters. The van der Waals surface area contributed by atoms with E-state index in [2.05, 4.69) is 69.2 Å². The highest BCUT2D eigenvalue weighted by Crippen LogP contribution is 2.23. The van der Waals surface area contributed by atoms with Gasteiger partial charge in [-0.2, -0.15) is 0 Å². The predicted molar refractivity (Wildman–Crippen MR) is 139 cm³/mol. The Labute approximate surface area is 203 Å². The van der Waals surface area contributed by atoms with Crippen LogP contribution >= 0.6 is 0 Å². The maximum atomic E-state index is 13.1. The zero-order valence-corrected chi connectivity index (χ0v) is 20.5. The number of hydrogen-bond donors (Lipinski definition) is 1. The molecule has 0 saturated carbocycles. The van der Waals surface area contributed by atoms with Crippen LogP contribution in [0.1, 0.15) is 53.6 Å². The quantitative estimate of drug-likeness (QED) is 0.526. The number of hydrogen-bond acceptors (Lipinski definition) is 3. The molecule has 1 aromatic heterocycles. The highest BCUT2D eigenvalue weighted by Gasteiger charge is 2.26. The third-order valence-corrected chi connectivity index (χ3v) is 7.66. The first-order valence-corrected chi connectivity index (χ1v) is 13.1. The van der Waals surface area contributed by atoms with Crippen LogP contribution in [0.2, 0.25) is 0 Å². The lowest BCUT2D eigenvalue weighted by atomic mass is 10.0. The van der Waals surface area contributed by atoms with Crippen molar-refractivity contribution in [3.63, 3.8) is 0 Å². The van der Waals surface area contributed by atoms with Gasteiger partial charge in [-0.3, -0.25) is 4.79 Å². The van der Waals surface area contributed by atoms with Gasteiger partial charge in [-0.05, 0) is 83.4 Å². The second-order valence-corrected chi connectivity index (χ2v) is 10.1. The van der Waals surface area contributed by atoms with E-state index in [1.807, 2.05) is 12.1 Å². The number of likely N-dealkylation sites (tertiary alicyclic amines) is 2. The third kappa shape index (κ3) is 5.37. The normalized spacial score (nSPS) is 18.0. The second-order valence-electron chi connectivity index (χ2n) is 10.1. The fraction of sp³-hybridized carbons (Fsp3) is 0.483. The van der Waals surface area contributed by atoms with Crippen molar-refractivity contribution in [1.29, 1.82) is 0 Å². The molecule has 5 rings (SSSR count). The number of benzene rings is 2. The summed E-state index contributed by atoms with van der Waals surface area (Å²) in [7, 11) is 0. The van der Waals surface area contributed by atoms with Crippen LogP contribution in [0.5, 0.6) is 0 Å². The molecule has 0 spiro atoms. The van der Waals surface area contributed by atoms with E-state index in [0.717, 1.165) is 47.6 Å². The topological polar surface area (TPSA) is 40.5 Å². The molecule has 2 fully saturated rings. The number of fused-ring (bicyclic) bond motifs is 1. The summed E-state index contributed by atoms with van der Waals surface area (Å²) in [6, 6.07) is 17.4. The van der Waals surface area contributed by atoms with E-state index in [4.69, 9.17) is 0 Å². The van der Waals surface area contributed by atoms with E-state index in [1.54, 1.807) is 0 Å². The highest BCUT2D eigenvalue weighted by atomic mass is 16.1. The first-order valence-electron chi connectivity index (χ1n) is 13.1. The molecule has 1 amide bonds. The molecule has 0 radical (unpaired) electrons. The van der Waals surface area contributed by atoms with E-state index < -0.39 is 0 Å². The Hall–Kier alpha value is -2.63. The van der Waals surface area contributed by atoms with Crippen molar-refractivity contribution >= 4 is 16.8 Å². The van der Waals surface area contributed by atoms with Crippen molar-refractivity contribution in [3.8, 4) is 0 Å². The lowest BCUT2D eigenvalue weighted by molar-refractivity contribution is 0.0952. The molecule has 1 N–H and O–H groups in total. The lowest BCUT2D eigenvalue weighted by Crippen LogP contribution is -2.44. The van der Waals surface area contributed by atoms with E-state index in [-0.39, 0.29) is 5.91 Å². The Bertz CT molecular complexity index is 1110. The van der Waals surface area contributed by atoms with Crippen LogP contribution in [0.25, 0.3) is 10.9 Å².